The fourth-order valence-corrected chi connectivity index (χ4v) is 1.82. The quantitative estimate of drug-likeness (QED) is 0.880. The average Bonchev–Trinajstić information content (AvgIpc) is 2.35. The van der Waals surface area contributed by atoms with Crippen molar-refractivity contribution in [2.45, 2.75) is 38.7 Å². The normalized spacial score (nSPS) is 14.5. The molecule has 1 heterocycles. The number of halogens is 1. The van der Waals surface area contributed by atoms with Gasteiger partial charge in [-0.2, -0.15) is 0 Å². The zero-order chi connectivity index (χ0) is 15.4. The summed E-state index contributed by atoms with van der Waals surface area (Å²) < 4.78 is 6.12. The minimum Gasteiger partial charge on any atom is -0.444 e. The van der Waals surface area contributed by atoms with E-state index >= 15 is 0 Å². The van der Waals surface area contributed by atoms with Gasteiger partial charge in [0.1, 0.15) is 5.60 Å². The first kappa shape index (κ1) is 16.9. The Hall–Kier alpha value is -1.14. The van der Waals surface area contributed by atoms with Crippen LogP contribution in [-0.2, 0) is 10.2 Å². The van der Waals surface area contributed by atoms with Crippen molar-refractivity contribution in [3.8, 4) is 0 Å². The first-order valence-corrected chi connectivity index (χ1v) is 7.24. The van der Waals surface area contributed by atoms with Crippen LogP contribution in [0.3, 0.4) is 0 Å². The highest BCUT2D eigenvalue weighted by atomic mass is 79.9. The minimum absolute atomic E-state index is 0.368. The van der Waals surface area contributed by atoms with Gasteiger partial charge in [0.2, 0.25) is 0 Å². The Kier molecular flexibility index (Phi) is 5.53. The lowest BCUT2D eigenvalue weighted by atomic mass is 9.86. The number of nitrogens with one attached hydrogen (secondary N) is 1. The van der Waals surface area contributed by atoms with Gasteiger partial charge >= 0.3 is 6.09 Å². The Morgan fingerprint density at radius 1 is 1.40 bits per heavy atom. The number of amides is 1. The van der Waals surface area contributed by atoms with E-state index in [1.54, 1.807) is 6.20 Å². The Labute approximate surface area is 128 Å². The molecule has 1 aromatic heterocycles. The van der Waals surface area contributed by atoms with E-state index in [1.807, 2.05) is 39.8 Å². The third kappa shape index (κ3) is 5.09. The van der Waals surface area contributed by atoms with Crippen LogP contribution in [0.4, 0.5) is 4.79 Å². The summed E-state index contributed by atoms with van der Waals surface area (Å²) in [5, 5.41) is 2.75. The number of hydrogen-bond acceptors (Lipinski definition) is 4. The molecule has 0 bridgehead atoms. The molecule has 0 spiro atoms. The lowest BCUT2D eigenvalue weighted by Gasteiger charge is -2.28. The van der Waals surface area contributed by atoms with E-state index in [0.29, 0.717) is 13.1 Å². The molecule has 0 saturated heterocycles. The fraction of sp³-hybridized carbons (Fsp3) is 0.571. The van der Waals surface area contributed by atoms with Crippen molar-refractivity contribution < 1.29 is 9.53 Å². The van der Waals surface area contributed by atoms with Crippen LogP contribution in [0.5, 0.6) is 0 Å². The van der Waals surface area contributed by atoms with Crippen LogP contribution >= 0.6 is 15.9 Å². The summed E-state index contributed by atoms with van der Waals surface area (Å²) in [7, 11) is 0. The molecule has 112 valence electrons. The van der Waals surface area contributed by atoms with E-state index in [-0.39, 0.29) is 0 Å². The van der Waals surface area contributed by atoms with Crippen LogP contribution < -0.4 is 11.1 Å². The molecular weight excluding hydrogens is 322 g/mol. The average molecular weight is 344 g/mol. The van der Waals surface area contributed by atoms with Gasteiger partial charge in [0.15, 0.2) is 0 Å². The molecule has 1 atom stereocenters. The Morgan fingerprint density at radius 3 is 2.50 bits per heavy atom. The van der Waals surface area contributed by atoms with Gasteiger partial charge in [-0.25, -0.2) is 4.79 Å². The summed E-state index contributed by atoms with van der Waals surface area (Å²) in [5.74, 6) is 0. The molecule has 20 heavy (non-hydrogen) atoms. The number of pyridine rings is 1. The van der Waals surface area contributed by atoms with Crippen LogP contribution in [-0.4, -0.2) is 29.8 Å². The first-order chi connectivity index (χ1) is 9.16. The summed E-state index contributed by atoms with van der Waals surface area (Å²) >= 11 is 3.35. The highest BCUT2D eigenvalue weighted by Gasteiger charge is 2.28. The van der Waals surface area contributed by atoms with Gasteiger partial charge in [0, 0.05) is 34.9 Å². The number of nitrogens with zero attached hydrogens (tertiary/aromatic N) is 1. The molecule has 0 aliphatic carbocycles. The van der Waals surface area contributed by atoms with Crippen molar-refractivity contribution in [2.75, 3.05) is 13.1 Å². The van der Waals surface area contributed by atoms with Crippen LogP contribution in [0.1, 0.15) is 33.4 Å². The highest BCUT2D eigenvalue weighted by Crippen LogP contribution is 2.21. The summed E-state index contributed by atoms with van der Waals surface area (Å²) in [6, 6.07) is 3.80. The maximum atomic E-state index is 11.7. The van der Waals surface area contributed by atoms with Gasteiger partial charge in [-0.05, 0) is 48.8 Å². The van der Waals surface area contributed by atoms with Gasteiger partial charge in [-0.3, -0.25) is 4.98 Å². The van der Waals surface area contributed by atoms with Crippen molar-refractivity contribution in [3.63, 3.8) is 0 Å². The predicted molar refractivity (Wildman–Crippen MR) is 82.6 cm³/mol. The van der Waals surface area contributed by atoms with Crippen LogP contribution in [0.25, 0.3) is 0 Å². The third-order valence-corrected chi connectivity index (χ3v) is 3.29. The number of aromatic nitrogens is 1. The second-order valence-corrected chi connectivity index (χ2v) is 6.90. The van der Waals surface area contributed by atoms with Crippen molar-refractivity contribution in [1.29, 1.82) is 0 Å². The summed E-state index contributed by atoms with van der Waals surface area (Å²) in [6.45, 7) is 8.17. The van der Waals surface area contributed by atoms with Crippen LogP contribution in [0.2, 0.25) is 0 Å². The number of carbonyl (C=O) groups is 1. The molecule has 1 amide bonds. The number of nitrogens with two attached hydrogens (primary N) is 1. The third-order valence-electron chi connectivity index (χ3n) is 2.82. The molecule has 1 aromatic rings. The van der Waals surface area contributed by atoms with Gasteiger partial charge in [-0.1, -0.05) is 6.92 Å². The maximum absolute atomic E-state index is 11.7. The monoisotopic (exact) mass is 343 g/mol. The largest absolute Gasteiger partial charge is 0.444 e. The molecule has 1 unspecified atom stereocenters. The molecule has 6 heteroatoms. The molecule has 0 aliphatic rings. The van der Waals surface area contributed by atoms with Crippen molar-refractivity contribution in [3.05, 3.63) is 28.5 Å². The van der Waals surface area contributed by atoms with Gasteiger partial charge in [0.25, 0.3) is 0 Å². The molecule has 0 saturated carbocycles. The second kappa shape index (κ2) is 6.54. The van der Waals surface area contributed by atoms with Crippen molar-refractivity contribution >= 4 is 22.0 Å². The summed E-state index contributed by atoms with van der Waals surface area (Å²) in [4.78, 5) is 16.1. The Balaban J connectivity index is 2.71. The number of hydrogen-bond donors (Lipinski definition) is 2. The molecule has 0 aliphatic heterocycles. The van der Waals surface area contributed by atoms with E-state index < -0.39 is 17.1 Å². The predicted octanol–water partition coefficient (Wildman–Crippen LogP) is 2.59. The number of carbonyl (C=O) groups excluding carboxylic acids is 1. The summed E-state index contributed by atoms with van der Waals surface area (Å²) in [5.41, 5.74) is 5.73. The Bertz CT molecular complexity index is 456. The molecule has 5 nitrogen and oxygen atoms in total. The lowest BCUT2D eigenvalue weighted by Crippen LogP contribution is -2.45. The molecule has 3 N–H and O–H groups in total. The van der Waals surface area contributed by atoms with Gasteiger partial charge in [0.05, 0.1) is 0 Å². The molecule has 1 rings (SSSR count). The van der Waals surface area contributed by atoms with Gasteiger partial charge in [-0.15, -0.1) is 0 Å². The van der Waals surface area contributed by atoms with Gasteiger partial charge < -0.3 is 15.8 Å². The van der Waals surface area contributed by atoms with Crippen LogP contribution in [0, 0.1) is 0 Å². The minimum atomic E-state index is -0.515. The van der Waals surface area contributed by atoms with Crippen molar-refractivity contribution in [2.24, 2.45) is 5.73 Å². The summed E-state index contributed by atoms with van der Waals surface area (Å²) in [6.07, 6.45) is 1.27. The van der Waals surface area contributed by atoms with E-state index in [9.17, 15) is 4.79 Å². The fourth-order valence-electron chi connectivity index (χ4n) is 1.58. The molecular formula is C14H22BrN3O2. The van der Waals surface area contributed by atoms with Crippen molar-refractivity contribution in [1.82, 2.24) is 10.3 Å². The highest BCUT2D eigenvalue weighted by molar-refractivity contribution is 9.10. The van der Waals surface area contributed by atoms with E-state index in [2.05, 4.69) is 26.2 Å². The number of rotatable bonds is 4. The van der Waals surface area contributed by atoms with E-state index in [0.717, 1.165) is 10.2 Å². The zero-order valence-electron chi connectivity index (χ0n) is 12.4. The number of alkyl carbamates (subject to hydrolysis) is 1. The lowest BCUT2D eigenvalue weighted by molar-refractivity contribution is 0.0516. The van der Waals surface area contributed by atoms with Crippen LogP contribution in [0.15, 0.2) is 22.8 Å². The topological polar surface area (TPSA) is 77.2 Å². The smallest absolute Gasteiger partial charge is 0.407 e. The van der Waals surface area contributed by atoms with E-state index in [1.165, 1.54) is 0 Å². The second-order valence-electron chi connectivity index (χ2n) is 5.98. The van der Waals surface area contributed by atoms with E-state index in [4.69, 9.17) is 10.5 Å². The maximum Gasteiger partial charge on any atom is 0.407 e. The first-order valence-electron chi connectivity index (χ1n) is 6.45. The zero-order valence-corrected chi connectivity index (χ0v) is 14.0. The SMILES string of the molecule is CC(C)(C)OC(=O)NCC(C)(CN)c1ccc(Br)cn1. The Morgan fingerprint density at radius 2 is 2.05 bits per heavy atom. The standard InChI is InChI=1S/C14H22BrN3O2/c1-13(2,3)20-12(19)18-9-14(4,8-16)11-6-5-10(15)7-17-11/h5-7H,8-9,16H2,1-4H3,(H,18,19). The molecule has 0 radical (unpaired) electrons. The molecule has 0 fully saturated rings. The number of ether oxygens (including phenoxy) is 1. The molecule has 0 aromatic carbocycles.